The molecule has 0 saturated carbocycles. The number of halogens is 1. The van der Waals surface area contributed by atoms with Crippen molar-refractivity contribution in [3.63, 3.8) is 0 Å². The lowest BCUT2D eigenvalue weighted by Gasteiger charge is -1.95. The molecule has 0 spiro atoms. The molecule has 5 heteroatoms. The Morgan fingerprint density at radius 2 is 2.13 bits per heavy atom. The first-order valence-corrected chi connectivity index (χ1v) is 6.00. The minimum atomic E-state index is 0.812. The highest BCUT2D eigenvalue weighted by Crippen LogP contribution is 2.28. The number of aromatic amines is 1. The van der Waals surface area contributed by atoms with Crippen molar-refractivity contribution in [2.24, 2.45) is 0 Å². The molecule has 3 nitrogen and oxygen atoms in total. The molecule has 0 aliphatic heterocycles. The molecule has 0 atom stereocenters. The molecule has 0 unspecified atom stereocenters. The summed E-state index contributed by atoms with van der Waals surface area (Å²) in [5.41, 5.74) is 2.24. The molecule has 0 bridgehead atoms. The van der Waals surface area contributed by atoms with Crippen LogP contribution >= 0.6 is 27.3 Å². The molecule has 1 aromatic carbocycles. The van der Waals surface area contributed by atoms with Crippen LogP contribution in [-0.4, -0.2) is 15.2 Å². The minimum Gasteiger partial charge on any atom is -0.361 e. The summed E-state index contributed by atoms with van der Waals surface area (Å²) in [7, 11) is 0. The molecule has 2 heterocycles. The van der Waals surface area contributed by atoms with Crippen molar-refractivity contribution in [2.45, 2.75) is 0 Å². The van der Waals surface area contributed by atoms with Gasteiger partial charge in [0.15, 0.2) is 3.92 Å². The molecule has 15 heavy (non-hydrogen) atoms. The van der Waals surface area contributed by atoms with Crippen LogP contribution in [0.3, 0.4) is 0 Å². The number of rotatable bonds is 1. The maximum Gasteiger partial charge on any atom is 0.183 e. The summed E-state index contributed by atoms with van der Waals surface area (Å²) < 4.78 is 0.812. The Morgan fingerprint density at radius 3 is 2.93 bits per heavy atom. The molecule has 0 aliphatic rings. The molecule has 3 rings (SSSR count). The Hall–Kier alpha value is -1.20. The van der Waals surface area contributed by atoms with Gasteiger partial charge in [0.2, 0.25) is 0 Å². The van der Waals surface area contributed by atoms with E-state index in [0.717, 1.165) is 20.0 Å². The number of nitrogens with one attached hydrogen (secondary N) is 1. The molecule has 3 aromatic rings. The molecule has 2 aromatic heterocycles. The standard InChI is InChI=1S/C10H6BrN3S/c11-10-14-13-9(15-10)7-1-2-8-6(5-7)3-4-12-8/h1-5,12H. The Balaban J connectivity index is 2.18. The second-order valence-electron chi connectivity index (χ2n) is 3.14. The number of aromatic nitrogens is 3. The van der Waals surface area contributed by atoms with E-state index in [1.165, 1.54) is 16.7 Å². The minimum absolute atomic E-state index is 0.812. The van der Waals surface area contributed by atoms with Crippen molar-refractivity contribution < 1.29 is 0 Å². The topological polar surface area (TPSA) is 41.6 Å². The number of fused-ring (bicyclic) bond motifs is 1. The number of hydrogen-bond donors (Lipinski definition) is 1. The van der Waals surface area contributed by atoms with Gasteiger partial charge in [-0.05, 0) is 40.2 Å². The van der Waals surface area contributed by atoms with Gasteiger partial charge < -0.3 is 4.98 Å². The smallest absolute Gasteiger partial charge is 0.183 e. The number of benzene rings is 1. The van der Waals surface area contributed by atoms with Crippen LogP contribution in [0.15, 0.2) is 34.4 Å². The Morgan fingerprint density at radius 1 is 1.20 bits per heavy atom. The maximum absolute atomic E-state index is 4.09. The number of H-pyrrole nitrogens is 1. The zero-order valence-corrected chi connectivity index (χ0v) is 9.97. The number of nitrogens with zero attached hydrogens (tertiary/aromatic N) is 2. The first-order chi connectivity index (χ1) is 7.33. The van der Waals surface area contributed by atoms with Gasteiger partial charge in [-0.25, -0.2) is 0 Å². The SMILES string of the molecule is Brc1nnc(-c2ccc3[nH]ccc3c2)s1. The van der Waals surface area contributed by atoms with Crippen LogP contribution in [0.5, 0.6) is 0 Å². The molecule has 0 saturated heterocycles. The second kappa shape index (κ2) is 3.43. The molecule has 0 radical (unpaired) electrons. The van der Waals surface area contributed by atoms with E-state index < -0.39 is 0 Å². The molecule has 0 fully saturated rings. The maximum atomic E-state index is 4.09. The highest BCUT2D eigenvalue weighted by atomic mass is 79.9. The van der Waals surface area contributed by atoms with Gasteiger partial charge in [0.25, 0.3) is 0 Å². The monoisotopic (exact) mass is 279 g/mol. The third-order valence-corrected chi connectivity index (χ3v) is 3.61. The van der Waals surface area contributed by atoms with Crippen molar-refractivity contribution in [2.75, 3.05) is 0 Å². The summed E-state index contributed by atoms with van der Waals surface area (Å²) in [4.78, 5) is 3.16. The van der Waals surface area contributed by atoms with E-state index in [4.69, 9.17) is 0 Å². The molecule has 0 aliphatic carbocycles. The van der Waals surface area contributed by atoms with Crippen molar-refractivity contribution in [3.8, 4) is 10.6 Å². The van der Waals surface area contributed by atoms with Gasteiger partial charge in [0.05, 0.1) is 0 Å². The van der Waals surface area contributed by atoms with E-state index in [1.54, 1.807) is 0 Å². The van der Waals surface area contributed by atoms with Gasteiger partial charge in [0.1, 0.15) is 5.01 Å². The van der Waals surface area contributed by atoms with Gasteiger partial charge in [0, 0.05) is 22.7 Å². The normalized spacial score (nSPS) is 11.0. The van der Waals surface area contributed by atoms with E-state index in [-0.39, 0.29) is 0 Å². The fourth-order valence-corrected chi connectivity index (χ4v) is 2.62. The first-order valence-electron chi connectivity index (χ1n) is 4.39. The van der Waals surface area contributed by atoms with Crippen LogP contribution in [0.4, 0.5) is 0 Å². The fourth-order valence-electron chi connectivity index (χ4n) is 1.51. The van der Waals surface area contributed by atoms with Crippen LogP contribution < -0.4 is 0 Å². The van der Waals surface area contributed by atoms with E-state index in [1.807, 2.05) is 12.3 Å². The lowest BCUT2D eigenvalue weighted by molar-refractivity contribution is 1.08. The van der Waals surface area contributed by atoms with Gasteiger partial charge in [-0.1, -0.05) is 11.3 Å². The fraction of sp³-hybridized carbons (Fsp3) is 0. The third-order valence-electron chi connectivity index (χ3n) is 2.20. The largest absolute Gasteiger partial charge is 0.361 e. The van der Waals surface area contributed by atoms with Gasteiger partial charge in [-0.2, -0.15) is 0 Å². The van der Waals surface area contributed by atoms with Crippen LogP contribution in [0.25, 0.3) is 21.5 Å². The first kappa shape index (κ1) is 9.06. The average Bonchev–Trinajstić information content (AvgIpc) is 2.84. The lowest BCUT2D eigenvalue weighted by Crippen LogP contribution is -1.76. The highest BCUT2D eigenvalue weighted by Gasteiger charge is 2.05. The van der Waals surface area contributed by atoms with E-state index in [9.17, 15) is 0 Å². The Bertz CT molecular complexity index is 614. The van der Waals surface area contributed by atoms with Crippen LogP contribution in [0.2, 0.25) is 0 Å². The summed E-state index contributed by atoms with van der Waals surface area (Å²) in [6.45, 7) is 0. The quantitative estimate of drug-likeness (QED) is 0.741. The summed E-state index contributed by atoms with van der Waals surface area (Å²) in [5.74, 6) is 0. The van der Waals surface area contributed by atoms with Crippen molar-refractivity contribution in [3.05, 3.63) is 34.4 Å². The van der Waals surface area contributed by atoms with Gasteiger partial charge >= 0.3 is 0 Å². The van der Waals surface area contributed by atoms with Gasteiger partial charge in [-0.3, -0.25) is 0 Å². The predicted molar refractivity (Wildman–Crippen MR) is 64.9 cm³/mol. The van der Waals surface area contributed by atoms with Gasteiger partial charge in [-0.15, -0.1) is 10.2 Å². The summed E-state index contributed by atoms with van der Waals surface area (Å²) in [6.07, 6.45) is 1.93. The summed E-state index contributed by atoms with van der Waals surface area (Å²) in [5, 5.41) is 10.2. The lowest BCUT2D eigenvalue weighted by atomic mass is 10.2. The predicted octanol–water partition coefficient (Wildman–Crippen LogP) is 3.45. The summed E-state index contributed by atoms with van der Waals surface area (Å²) >= 11 is 4.85. The van der Waals surface area contributed by atoms with Crippen LogP contribution in [-0.2, 0) is 0 Å². The van der Waals surface area contributed by atoms with Crippen molar-refractivity contribution >= 4 is 38.2 Å². The Kier molecular flexibility index (Phi) is 2.07. The van der Waals surface area contributed by atoms with Crippen LogP contribution in [0, 0.1) is 0 Å². The molecular formula is C10H6BrN3S. The summed E-state index contributed by atoms with van der Waals surface area (Å²) in [6, 6.07) is 8.26. The number of hydrogen-bond acceptors (Lipinski definition) is 3. The van der Waals surface area contributed by atoms with E-state index >= 15 is 0 Å². The highest BCUT2D eigenvalue weighted by molar-refractivity contribution is 9.11. The van der Waals surface area contributed by atoms with E-state index in [2.05, 4.69) is 49.3 Å². The van der Waals surface area contributed by atoms with Crippen molar-refractivity contribution in [1.29, 1.82) is 0 Å². The second-order valence-corrected chi connectivity index (χ2v) is 5.39. The third kappa shape index (κ3) is 1.57. The Labute approximate surface area is 98.3 Å². The average molecular weight is 280 g/mol. The molecule has 0 amide bonds. The van der Waals surface area contributed by atoms with Crippen LogP contribution in [0.1, 0.15) is 0 Å². The van der Waals surface area contributed by atoms with E-state index in [0.29, 0.717) is 0 Å². The molecule has 74 valence electrons. The molecular weight excluding hydrogens is 274 g/mol. The zero-order chi connectivity index (χ0) is 10.3. The zero-order valence-electron chi connectivity index (χ0n) is 7.57. The molecule has 1 N–H and O–H groups in total. The van der Waals surface area contributed by atoms with Crippen molar-refractivity contribution in [1.82, 2.24) is 15.2 Å².